The van der Waals surface area contributed by atoms with Gasteiger partial charge in [0.25, 0.3) is 0 Å². The highest BCUT2D eigenvalue weighted by atomic mass is 35.5. The highest BCUT2D eigenvalue weighted by Gasteiger charge is 2.37. The predicted octanol–water partition coefficient (Wildman–Crippen LogP) is 7.27. The van der Waals surface area contributed by atoms with Crippen LogP contribution in [0.15, 0.2) is 48.0 Å². The van der Waals surface area contributed by atoms with Gasteiger partial charge in [0.2, 0.25) is 0 Å². The van der Waals surface area contributed by atoms with Crippen molar-refractivity contribution in [2.45, 2.75) is 58.4 Å². The van der Waals surface area contributed by atoms with Gasteiger partial charge in [-0.15, -0.1) is 0 Å². The second kappa shape index (κ2) is 11.5. The maximum atomic E-state index is 13.0. The maximum absolute atomic E-state index is 13.0. The minimum Gasteiger partial charge on any atom is -0.465 e. The SMILES string of the molecule is COC(=O)C(=Cc1c(Cl)cccc1Cl)C(=O)CCc1ccccc1CO[Si](C)(C)C(C)(C)C. The quantitative estimate of drug-likeness (QED) is 0.118. The summed E-state index contributed by atoms with van der Waals surface area (Å²) in [6.45, 7) is 11.5. The predicted molar refractivity (Wildman–Crippen MR) is 138 cm³/mol. The van der Waals surface area contributed by atoms with Crippen LogP contribution in [0, 0.1) is 0 Å². The summed E-state index contributed by atoms with van der Waals surface area (Å²) in [7, 11) is -0.668. The van der Waals surface area contributed by atoms with Crippen molar-refractivity contribution in [3.8, 4) is 0 Å². The molecule has 0 fully saturated rings. The molecule has 0 heterocycles. The third-order valence-electron chi connectivity index (χ3n) is 6.13. The van der Waals surface area contributed by atoms with Gasteiger partial charge in [-0.05, 0) is 53.9 Å². The van der Waals surface area contributed by atoms with Crippen LogP contribution in [0.4, 0.5) is 0 Å². The van der Waals surface area contributed by atoms with Crippen LogP contribution in [0.3, 0.4) is 0 Å². The Hall–Kier alpha value is -1.92. The van der Waals surface area contributed by atoms with Gasteiger partial charge in [0.05, 0.1) is 13.7 Å². The first-order valence-corrected chi connectivity index (χ1v) is 14.5. The Bertz CT molecular complexity index is 1020. The van der Waals surface area contributed by atoms with Gasteiger partial charge in [-0.1, -0.05) is 74.3 Å². The average Bonchev–Trinajstić information content (AvgIpc) is 2.75. The molecule has 2 rings (SSSR count). The third-order valence-corrected chi connectivity index (χ3v) is 11.3. The third kappa shape index (κ3) is 7.28. The summed E-state index contributed by atoms with van der Waals surface area (Å²) < 4.78 is 11.2. The van der Waals surface area contributed by atoms with E-state index in [1.54, 1.807) is 18.2 Å². The second-order valence-corrected chi connectivity index (χ2v) is 15.0. The van der Waals surface area contributed by atoms with Crippen LogP contribution in [-0.4, -0.2) is 27.2 Å². The van der Waals surface area contributed by atoms with Gasteiger partial charge >= 0.3 is 5.97 Å². The number of hydrogen-bond acceptors (Lipinski definition) is 4. The van der Waals surface area contributed by atoms with E-state index in [0.717, 1.165) is 11.1 Å². The number of benzene rings is 2. The molecule has 7 heteroatoms. The number of rotatable bonds is 9. The Kier molecular flexibility index (Phi) is 9.50. The molecule has 0 amide bonds. The normalized spacial score (nSPS) is 12.5. The number of ketones is 1. The van der Waals surface area contributed by atoms with E-state index in [2.05, 4.69) is 33.9 Å². The fourth-order valence-electron chi connectivity index (χ4n) is 2.96. The molecule has 0 aromatic heterocycles. The lowest BCUT2D eigenvalue weighted by molar-refractivity contribution is -0.137. The Morgan fingerprint density at radius 3 is 2.09 bits per heavy atom. The Labute approximate surface area is 208 Å². The van der Waals surface area contributed by atoms with Crippen LogP contribution < -0.4 is 0 Å². The van der Waals surface area contributed by atoms with E-state index < -0.39 is 14.3 Å². The molecule has 0 radical (unpaired) electrons. The smallest absolute Gasteiger partial charge is 0.341 e. The van der Waals surface area contributed by atoms with Crippen LogP contribution >= 0.6 is 23.2 Å². The number of aryl methyl sites for hydroxylation is 1. The van der Waals surface area contributed by atoms with Crippen LogP contribution in [0.1, 0.15) is 43.9 Å². The first kappa shape index (κ1) is 27.3. The fraction of sp³-hybridized carbons (Fsp3) is 0.385. The van der Waals surface area contributed by atoms with Crippen molar-refractivity contribution in [3.63, 3.8) is 0 Å². The molecule has 0 bridgehead atoms. The van der Waals surface area contributed by atoms with Crippen molar-refractivity contribution in [1.82, 2.24) is 0 Å². The van der Waals surface area contributed by atoms with E-state index in [1.165, 1.54) is 13.2 Å². The van der Waals surface area contributed by atoms with Crippen molar-refractivity contribution in [2.75, 3.05) is 7.11 Å². The monoisotopic (exact) mass is 506 g/mol. The molecule has 4 nitrogen and oxygen atoms in total. The molecule has 0 saturated heterocycles. The topological polar surface area (TPSA) is 52.6 Å². The van der Waals surface area contributed by atoms with Crippen molar-refractivity contribution >= 4 is 49.3 Å². The lowest BCUT2D eigenvalue weighted by atomic mass is 9.98. The molecule has 2 aromatic rings. The molecule has 0 atom stereocenters. The first-order valence-electron chi connectivity index (χ1n) is 10.9. The highest BCUT2D eigenvalue weighted by Crippen LogP contribution is 2.37. The van der Waals surface area contributed by atoms with Crippen molar-refractivity contribution < 1.29 is 18.8 Å². The number of esters is 1. The first-order chi connectivity index (χ1) is 15.4. The Balaban J connectivity index is 2.22. The summed E-state index contributed by atoms with van der Waals surface area (Å²) in [5.41, 5.74) is 2.40. The summed E-state index contributed by atoms with van der Waals surface area (Å²) in [4.78, 5) is 25.4. The number of methoxy groups -OCH3 is 1. The Morgan fingerprint density at radius 1 is 0.970 bits per heavy atom. The summed E-state index contributed by atoms with van der Waals surface area (Å²) >= 11 is 12.4. The van der Waals surface area contributed by atoms with E-state index in [1.807, 2.05) is 24.3 Å². The van der Waals surface area contributed by atoms with Gasteiger partial charge < -0.3 is 9.16 Å². The molecule has 33 heavy (non-hydrogen) atoms. The molecule has 0 unspecified atom stereocenters. The molecule has 0 aliphatic rings. The van der Waals surface area contributed by atoms with Gasteiger partial charge in [0, 0.05) is 22.0 Å². The van der Waals surface area contributed by atoms with Gasteiger partial charge in [0.15, 0.2) is 14.1 Å². The van der Waals surface area contributed by atoms with E-state index in [-0.39, 0.29) is 22.8 Å². The summed E-state index contributed by atoms with van der Waals surface area (Å²) in [6.07, 6.45) is 2.02. The van der Waals surface area contributed by atoms with Gasteiger partial charge in [0.1, 0.15) is 5.57 Å². The number of carbonyl (C=O) groups is 2. The maximum Gasteiger partial charge on any atom is 0.341 e. The second-order valence-electron chi connectivity index (χ2n) is 9.43. The molecule has 0 aliphatic carbocycles. The zero-order valence-electron chi connectivity index (χ0n) is 20.1. The highest BCUT2D eigenvalue weighted by molar-refractivity contribution is 6.74. The molecular formula is C26H32Cl2O4Si. The zero-order chi connectivity index (χ0) is 24.8. The number of ether oxygens (including phenoxy) is 1. The summed E-state index contributed by atoms with van der Waals surface area (Å²) in [5.74, 6) is -1.05. The molecule has 0 aliphatic heterocycles. The molecule has 0 N–H and O–H groups in total. The average molecular weight is 508 g/mol. The van der Waals surface area contributed by atoms with Gasteiger partial charge in [-0.3, -0.25) is 4.79 Å². The lowest BCUT2D eigenvalue weighted by Crippen LogP contribution is -2.40. The van der Waals surface area contributed by atoms with Crippen molar-refractivity contribution in [1.29, 1.82) is 0 Å². The molecule has 178 valence electrons. The molecule has 0 spiro atoms. The van der Waals surface area contributed by atoms with Gasteiger partial charge in [-0.2, -0.15) is 0 Å². The van der Waals surface area contributed by atoms with E-state index in [4.69, 9.17) is 32.4 Å². The van der Waals surface area contributed by atoms with E-state index in [9.17, 15) is 9.59 Å². The van der Waals surface area contributed by atoms with Crippen molar-refractivity contribution in [2.24, 2.45) is 0 Å². The fourth-order valence-corrected chi connectivity index (χ4v) is 4.41. The Morgan fingerprint density at radius 2 is 1.55 bits per heavy atom. The minimum absolute atomic E-state index is 0.0810. The lowest BCUT2D eigenvalue weighted by Gasteiger charge is -2.36. The standard InChI is InChI=1S/C26H32Cl2O4Si/c1-26(2,3)33(5,6)32-17-19-11-8-7-10-18(19)14-15-24(29)21(25(30)31-4)16-20-22(27)12-9-13-23(20)28/h7-13,16H,14-15,17H2,1-6H3. The van der Waals surface area contributed by atoms with E-state index in [0.29, 0.717) is 28.6 Å². The van der Waals surface area contributed by atoms with Gasteiger partial charge in [-0.25, -0.2) is 4.79 Å². The van der Waals surface area contributed by atoms with Crippen molar-refractivity contribution in [3.05, 3.63) is 74.8 Å². The van der Waals surface area contributed by atoms with E-state index >= 15 is 0 Å². The van der Waals surface area contributed by atoms with Crippen LogP contribution in [0.5, 0.6) is 0 Å². The number of halogens is 2. The number of Topliss-reactive ketones (excluding diaryl/α,β-unsaturated/α-hetero) is 1. The van der Waals surface area contributed by atoms with Crippen LogP contribution in [-0.2, 0) is 31.8 Å². The molecule has 0 saturated carbocycles. The van der Waals surface area contributed by atoms with Crippen LogP contribution in [0.2, 0.25) is 28.2 Å². The number of hydrogen-bond donors (Lipinski definition) is 0. The molecular weight excluding hydrogens is 475 g/mol. The zero-order valence-corrected chi connectivity index (χ0v) is 22.6. The minimum atomic E-state index is -1.91. The summed E-state index contributed by atoms with van der Waals surface area (Å²) in [5, 5.41) is 0.813. The van der Waals surface area contributed by atoms with Crippen LogP contribution in [0.25, 0.3) is 6.08 Å². The largest absolute Gasteiger partial charge is 0.465 e. The summed E-state index contributed by atoms with van der Waals surface area (Å²) in [6, 6.07) is 12.9. The number of carbonyl (C=O) groups excluding carboxylic acids is 2. The molecule has 2 aromatic carbocycles.